The van der Waals surface area contributed by atoms with E-state index in [1.807, 2.05) is 30.3 Å². The Morgan fingerprint density at radius 2 is 2.00 bits per heavy atom. The summed E-state index contributed by atoms with van der Waals surface area (Å²) in [5.74, 6) is 0. The van der Waals surface area contributed by atoms with Gasteiger partial charge in [-0.25, -0.2) is 5.10 Å². The Balaban J connectivity index is 2.29. The molecule has 2 rings (SSSR count). The topological polar surface area (TPSA) is 54.5 Å². The van der Waals surface area contributed by atoms with Crippen molar-refractivity contribution in [3.05, 3.63) is 36.6 Å². The maximum Gasteiger partial charge on any atom is 0.190 e. The Morgan fingerprint density at radius 3 is 2.62 bits per heavy atom. The second-order valence-corrected chi connectivity index (χ2v) is 4.28. The number of hydrogen-bond donors (Lipinski definition) is 2. The van der Waals surface area contributed by atoms with E-state index in [0.29, 0.717) is 0 Å². The molecule has 1 aromatic heterocycles. The van der Waals surface area contributed by atoms with Crippen molar-refractivity contribution < 1.29 is 0 Å². The Kier molecular flexibility index (Phi) is 2.27. The number of tetrazole rings is 1. The van der Waals surface area contributed by atoms with Gasteiger partial charge in [-0.2, -0.15) is 10.9 Å². The van der Waals surface area contributed by atoms with Gasteiger partial charge in [-0.1, -0.05) is 18.2 Å². The smallest absolute Gasteiger partial charge is 0.190 e. The molecule has 0 spiro atoms. The van der Waals surface area contributed by atoms with Crippen LogP contribution in [0.25, 0.3) is 0 Å². The first kappa shape index (κ1) is 8.25. The summed E-state index contributed by atoms with van der Waals surface area (Å²) < 4.78 is 0. The Labute approximate surface area is 78.7 Å². The van der Waals surface area contributed by atoms with Crippen LogP contribution in [0.15, 0.2) is 40.4 Å². The first-order chi connectivity index (χ1) is 6.38. The van der Waals surface area contributed by atoms with E-state index in [2.05, 4.69) is 26.9 Å². The van der Waals surface area contributed by atoms with E-state index in [1.165, 1.54) is 0 Å². The summed E-state index contributed by atoms with van der Waals surface area (Å²) in [5, 5.41) is 14.4. The minimum Gasteiger partial charge on any atom is -0.235 e. The summed E-state index contributed by atoms with van der Waals surface area (Å²) in [6, 6.07) is 10.0. The molecule has 67 valence electrons. The fourth-order valence-corrected chi connectivity index (χ4v) is 2.09. The molecular formula is C8H9N4S. The minimum absolute atomic E-state index is 0.675. The van der Waals surface area contributed by atoms with Crippen molar-refractivity contribution in [1.29, 1.82) is 0 Å². The van der Waals surface area contributed by atoms with Gasteiger partial charge in [-0.15, -0.1) is 5.10 Å². The van der Waals surface area contributed by atoms with E-state index in [0.717, 1.165) is 10.1 Å². The van der Waals surface area contributed by atoms with Crippen LogP contribution in [0.3, 0.4) is 0 Å². The van der Waals surface area contributed by atoms with Gasteiger partial charge in [-0.3, -0.25) is 0 Å². The maximum atomic E-state index is 4.04. The number of thiol groups is 1. The van der Waals surface area contributed by atoms with E-state index in [-0.39, 0.29) is 0 Å². The molecular weight excluding hydrogens is 184 g/mol. The van der Waals surface area contributed by atoms with Crippen LogP contribution in [-0.4, -0.2) is 20.6 Å². The van der Waals surface area contributed by atoms with Crippen LogP contribution in [0.5, 0.6) is 0 Å². The molecule has 0 amide bonds. The van der Waals surface area contributed by atoms with Gasteiger partial charge < -0.3 is 0 Å². The van der Waals surface area contributed by atoms with Crippen molar-refractivity contribution >= 4 is 10.9 Å². The average molecular weight is 193 g/mol. The summed E-state index contributed by atoms with van der Waals surface area (Å²) >= 11 is 0. The van der Waals surface area contributed by atoms with Gasteiger partial charge in [0.1, 0.15) is 0 Å². The van der Waals surface area contributed by atoms with Gasteiger partial charge in [0.05, 0.1) is 0 Å². The zero-order chi connectivity index (χ0) is 9.10. The fraction of sp³-hybridized carbons (Fsp3) is 0. The van der Waals surface area contributed by atoms with Crippen LogP contribution < -0.4 is 0 Å². The first-order valence-electron chi connectivity index (χ1n) is 3.77. The molecule has 1 aromatic carbocycles. The van der Waals surface area contributed by atoms with Gasteiger partial charge in [0.25, 0.3) is 0 Å². The molecule has 1 unspecified atom stereocenters. The third kappa shape index (κ3) is 1.70. The third-order valence-corrected chi connectivity index (χ3v) is 3.28. The molecule has 5 heteroatoms. The quantitative estimate of drug-likeness (QED) is 0.709. The van der Waals surface area contributed by atoms with Crippen molar-refractivity contribution in [2.75, 3.05) is 0 Å². The van der Waals surface area contributed by atoms with Crippen LogP contribution in [0.1, 0.15) is 0 Å². The predicted octanol–water partition coefficient (Wildman–Crippen LogP) is 1.41. The summed E-state index contributed by atoms with van der Waals surface area (Å²) in [6.45, 7) is 0. The van der Waals surface area contributed by atoms with E-state index in [9.17, 15) is 0 Å². The Bertz CT molecular complexity index is 359. The van der Waals surface area contributed by atoms with Gasteiger partial charge in [0.15, 0.2) is 5.16 Å². The average Bonchev–Trinajstić information content (AvgIpc) is 2.71. The minimum atomic E-state index is -0.675. The first-order valence-corrected chi connectivity index (χ1v) is 5.30. The molecule has 0 aliphatic heterocycles. The molecule has 0 saturated heterocycles. The molecule has 0 fully saturated rings. The molecule has 0 saturated carbocycles. The molecule has 13 heavy (non-hydrogen) atoms. The molecule has 4 nitrogen and oxygen atoms in total. The Morgan fingerprint density at radius 1 is 1.23 bits per heavy atom. The molecule has 0 aliphatic carbocycles. The zero-order valence-corrected chi connectivity index (χ0v) is 7.78. The van der Waals surface area contributed by atoms with Crippen LogP contribution >= 0.6 is 10.9 Å². The molecule has 1 radical (unpaired) electrons. The number of aromatic amines is 1. The van der Waals surface area contributed by atoms with Crippen molar-refractivity contribution in [3.63, 3.8) is 0 Å². The number of hydrogen-bond acceptors (Lipinski definition) is 3. The monoisotopic (exact) mass is 193 g/mol. The second-order valence-electron chi connectivity index (χ2n) is 2.49. The normalized spacial score (nSPS) is 14.1. The lowest BCUT2D eigenvalue weighted by atomic mass is 10.4. The lowest BCUT2D eigenvalue weighted by Gasteiger charge is -2.10. The lowest BCUT2D eigenvalue weighted by molar-refractivity contribution is 0.881. The van der Waals surface area contributed by atoms with E-state index < -0.39 is 10.9 Å². The number of nitrogens with one attached hydrogen (secondary N) is 1. The van der Waals surface area contributed by atoms with Gasteiger partial charge in [-0.05, 0) is 33.7 Å². The highest BCUT2D eigenvalue weighted by atomic mass is 32.2. The SMILES string of the molecule is [CH2][SH](c1ccccc1)c1nnn[nH]1. The van der Waals surface area contributed by atoms with E-state index in [4.69, 9.17) is 0 Å². The predicted molar refractivity (Wildman–Crippen MR) is 51.5 cm³/mol. The molecule has 0 aliphatic rings. The van der Waals surface area contributed by atoms with Gasteiger partial charge >= 0.3 is 0 Å². The molecule has 1 atom stereocenters. The van der Waals surface area contributed by atoms with Gasteiger partial charge in [0.2, 0.25) is 0 Å². The standard InChI is InChI=1S/C8H9N4S/c1-13(8-9-11-12-10-8)7-5-3-2-4-6-7/h2-6,13H,1H2,(H,9,10,11,12). The van der Waals surface area contributed by atoms with Crippen molar-refractivity contribution in [3.8, 4) is 0 Å². The van der Waals surface area contributed by atoms with Crippen LogP contribution in [-0.2, 0) is 0 Å². The largest absolute Gasteiger partial charge is 0.235 e. The molecule has 2 aromatic rings. The van der Waals surface area contributed by atoms with Gasteiger partial charge in [0, 0.05) is 0 Å². The van der Waals surface area contributed by atoms with Crippen molar-refractivity contribution in [2.24, 2.45) is 0 Å². The Hall–Kier alpha value is -1.36. The number of nitrogens with zero attached hydrogens (tertiary/aromatic N) is 3. The van der Waals surface area contributed by atoms with Crippen LogP contribution in [0.4, 0.5) is 0 Å². The van der Waals surface area contributed by atoms with Crippen LogP contribution in [0.2, 0.25) is 0 Å². The maximum absolute atomic E-state index is 4.04. The third-order valence-electron chi connectivity index (χ3n) is 1.66. The highest BCUT2D eigenvalue weighted by Gasteiger charge is 2.06. The molecule has 1 heterocycles. The zero-order valence-electron chi connectivity index (χ0n) is 6.88. The summed E-state index contributed by atoms with van der Waals surface area (Å²) in [5.41, 5.74) is 0. The summed E-state index contributed by atoms with van der Waals surface area (Å²) in [6.07, 6.45) is 4.04. The number of rotatable bonds is 2. The van der Waals surface area contributed by atoms with E-state index >= 15 is 0 Å². The van der Waals surface area contributed by atoms with Crippen molar-refractivity contribution in [1.82, 2.24) is 20.6 Å². The highest BCUT2D eigenvalue weighted by molar-refractivity contribution is 8.18. The fourth-order valence-electron chi connectivity index (χ4n) is 0.999. The van der Waals surface area contributed by atoms with Crippen LogP contribution in [0, 0.1) is 6.26 Å². The number of aromatic nitrogens is 4. The highest BCUT2D eigenvalue weighted by Crippen LogP contribution is 2.39. The summed E-state index contributed by atoms with van der Waals surface area (Å²) in [4.78, 5) is 1.16. The molecule has 1 N–H and O–H groups in total. The number of H-pyrrole nitrogens is 1. The molecule has 0 bridgehead atoms. The lowest BCUT2D eigenvalue weighted by Crippen LogP contribution is -1.83. The number of benzene rings is 1. The second kappa shape index (κ2) is 3.57. The van der Waals surface area contributed by atoms with E-state index in [1.54, 1.807) is 0 Å². The summed E-state index contributed by atoms with van der Waals surface area (Å²) in [7, 11) is -0.675. The van der Waals surface area contributed by atoms with Crippen molar-refractivity contribution in [2.45, 2.75) is 10.1 Å².